The molecule has 0 aliphatic heterocycles. The van der Waals surface area contributed by atoms with Crippen molar-refractivity contribution >= 4 is 15.7 Å². The Labute approximate surface area is 117 Å². The Bertz CT molecular complexity index is 632. The van der Waals surface area contributed by atoms with Crippen molar-refractivity contribution in [2.75, 3.05) is 6.54 Å². The molecular formula is C12H18N2O5S. The third-order valence-corrected chi connectivity index (χ3v) is 4.19. The van der Waals surface area contributed by atoms with Crippen molar-refractivity contribution in [3.63, 3.8) is 0 Å². The van der Waals surface area contributed by atoms with Gasteiger partial charge in [0.05, 0.1) is 10.5 Å². The van der Waals surface area contributed by atoms with Crippen LogP contribution in [0.2, 0.25) is 0 Å². The number of sulfonamides is 1. The van der Waals surface area contributed by atoms with Crippen molar-refractivity contribution in [1.29, 1.82) is 0 Å². The fourth-order valence-electron chi connectivity index (χ4n) is 1.48. The lowest BCUT2D eigenvalue weighted by molar-refractivity contribution is -0.387. The molecule has 1 rings (SSSR count). The molecule has 2 N–H and O–H groups in total. The van der Waals surface area contributed by atoms with Gasteiger partial charge in [0.2, 0.25) is 10.0 Å². The van der Waals surface area contributed by atoms with E-state index in [1.807, 2.05) is 0 Å². The van der Waals surface area contributed by atoms with Gasteiger partial charge in [-0.05, 0) is 44.9 Å². The minimum absolute atomic E-state index is 0.237. The van der Waals surface area contributed by atoms with Gasteiger partial charge in [0.15, 0.2) is 4.90 Å². The van der Waals surface area contributed by atoms with Gasteiger partial charge in [0.1, 0.15) is 0 Å². The number of benzene rings is 1. The minimum Gasteiger partial charge on any atom is -0.389 e. The molecule has 0 unspecified atom stereocenters. The summed E-state index contributed by atoms with van der Waals surface area (Å²) in [5.41, 5.74) is -0.449. The first-order valence-electron chi connectivity index (χ1n) is 5.92. The zero-order valence-corrected chi connectivity index (χ0v) is 12.6. The van der Waals surface area contributed by atoms with E-state index in [1.165, 1.54) is 26.0 Å². The molecule has 7 nitrogen and oxygen atoms in total. The van der Waals surface area contributed by atoms with Gasteiger partial charge < -0.3 is 5.11 Å². The SMILES string of the molecule is Cc1cc([N+](=O)[O-])c(S(=O)(=O)NCC(C)(C)O)cc1C. The van der Waals surface area contributed by atoms with Gasteiger partial charge in [0, 0.05) is 12.6 Å². The van der Waals surface area contributed by atoms with Crippen LogP contribution in [0, 0.1) is 24.0 Å². The fraction of sp³-hybridized carbons (Fsp3) is 0.500. The predicted molar refractivity (Wildman–Crippen MR) is 74.1 cm³/mol. The monoisotopic (exact) mass is 302 g/mol. The molecule has 0 fully saturated rings. The highest BCUT2D eigenvalue weighted by Crippen LogP contribution is 2.27. The number of nitro benzene ring substituents is 1. The highest BCUT2D eigenvalue weighted by Gasteiger charge is 2.28. The molecule has 0 saturated carbocycles. The van der Waals surface area contributed by atoms with Crippen molar-refractivity contribution in [3.8, 4) is 0 Å². The first kappa shape index (κ1) is 16.5. The summed E-state index contributed by atoms with van der Waals surface area (Å²) in [4.78, 5) is 9.87. The van der Waals surface area contributed by atoms with Crippen molar-refractivity contribution in [1.82, 2.24) is 4.72 Å². The summed E-state index contributed by atoms with van der Waals surface area (Å²) in [5.74, 6) is 0. The molecular weight excluding hydrogens is 284 g/mol. The molecule has 0 amide bonds. The van der Waals surface area contributed by atoms with E-state index in [9.17, 15) is 23.6 Å². The first-order valence-corrected chi connectivity index (χ1v) is 7.40. The third-order valence-electron chi connectivity index (χ3n) is 2.76. The second-order valence-corrected chi connectivity index (χ2v) is 7.03. The maximum absolute atomic E-state index is 12.1. The van der Waals surface area contributed by atoms with Crippen LogP contribution >= 0.6 is 0 Å². The van der Waals surface area contributed by atoms with Gasteiger partial charge in [-0.3, -0.25) is 10.1 Å². The van der Waals surface area contributed by atoms with Crippen molar-refractivity contribution in [2.45, 2.75) is 38.2 Å². The lowest BCUT2D eigenvalue weighted by Crippen LogP contribution is -2.38. The number of nitrogens with one attached hydrogen (secondary N) is 1. The quantitative estimate of drug-likeness (QED) is 0.628. The summed E-state index contributed by atoms with van der Waals surface area (Å²) in [6, 6.07) is 2.49. The molecule has 0 aromatic heterocycles. The van der Waals surface area contributed by atoms with E-state index in [0.717, 1.165) is 0 Å². The molecule has 0 bridgehead atoms. The van der Waals surface area contributed by atoms with Crippen LogP contribution in [-0.4, -0.2) is 30.6 Å². The molecule has 0 radical (unpaired) electrons. The van der Waals surface area contributed by atoms with Crippen LogP contribution in [0.5, 0.6) is 0 Å². The smallest absolute Gasteiger partial charge is 0.289 e. The summed E-state index contributed by atoms with van der Waals surface area (Å²) in [6.45, 7) is 5.98. The molecule has 1 aromatic rings. The second-order valence-electron chi connectivity index (χ2n) is 5.30. The molecule has 8 heteroatoms. The maximum atomic E-state index is 12.1. The van der Waals surface area contributed by atoms with Gasteiger partial charge in [-0.15, -0.1) is 0 Å². The lowest BCUT2D eigenvalue weighted by Gasteiger charge is -2.18. The average Bonchev–Trinajstić information content (AvgIpc) is 2.28. The Morgan fingerprint density at radius 1 is 1.30 bits per heavy atom. The summed E-state index contributed by atoms with van der Waals surface area (Å²) < 4.78 is 26.5. The number of hydrogen-bond acceptors (Lipinski definition) is 5. The van der Waals surface area contributed by atoms with Gasteiger partial charge in [-0.25, -0.2) is 13.1 Å². The molecule has 1 aromatic carbocycles. The fourth-order valence-corrected chi connectivity index (χ4v) is 2.92. The molecule has 0 heterocycles. The molecule has 0 saturated heterocycles. The predicted octanol–water partition coefficient (Wildman–Crippen LogP) is 1.26. The summed E-state index contributed by atoms with van der Waals surface area (Å²) in [6.07, 6.45) is 0. The van der Waals surface area contributed by atoms with Gasteiger partial charge >= 0.3 is 0 Å². The summed E-state index contributed by atoms with van der Waals surface area (Å²) in [7, 11) is -4.06. The molecule has 0 spiro atoms. The van der Waals surface area contributed by atoms with E-state index in [-0.39, 0.29) is 6.54 Å². The number of rotatable bonds is 5. The van der Waals surface area contributed by atoms with Gasteiger partial charge in [-0.2, -0.15) is 0 Å². The summed E-state index contributed by atoms with van der Waals surface area (Å²) >= 11 is 0. The summed E-state index contributed by atoms with van der Waals surface area (Å²) in [5, 5.41) is 20.5. The average molecular weight is 302 g/mol. The Morgan fingerprint density at radius 2 is 1.80 bits per heavy atom. The van der Waals surface area contributed by atoms with Crippen LogP contribution in [0.1, 0.15) is 25.0 Å². The standard InChI is InChI=1S/C12H18N2O5S/c1-8-5-10(14(16)17)11(6-9(8)2)20(18,19)13-7-12(3,4)15/h5-6,13,15H,7H2,1-4H3. The Balaban J connectivity index is 3.30. The van der Waals surface area contributed by atoms with Crippen LogP contribution in [-0.2, 0) is 10.0 Å². The number of aryl methyl sites for hydroxylation is 2. The van der Waals surface area contributed by atoms with Crippen LogP contribution < -0.4 is 4.72 Å². The van der Waals surface area contributed by atoms with Crippen LogP contribution in [0.4, 0.5) is 5.69 Å². The van der Waals surface area contributed by atoms with Crippen molar-refractivity contribution < 1.29 is 18.4 Å². The molecule has 0 aliphatic carbocycles. The van der Waals surface area contributed by atoms with Crippen molar-refractivity contribution in [2.24, 2.45) is 0 Å². The first-order chi connectivity index (χ1) is 8.94. The molecule has 0 atom stereocenters. The van der Waals surface area contributed by atoms with Crippen molar-refractivity contribution in [3.05, 3.63) is 33.4 Å². The number of nitrogens with zero attached hydrogens (tertiary/aromatic N) is 1. The number of aliphatic hydroxyl groups is 1. The Hall–Kier alpha value is -1.51. The normalized spacial score (nSPS) is 12.4. The van der Waals surface area contributed by atoms with E-state index in [1.54, 1.807) is 13.8 Å². The van der Waals surface area contributed by atoms with Crippen LogP contribution in [0.3, 0.4) is 0 Å². The van der Waals surface area contributed by atoms with E-state index >= 15 is 0 Å². The van der Waals surface area contributed by atoms with Crippen LogP contribution in [0.25, 0.3) is 0 Å². The number of nitro groups is 1. The zero-order valence-electron chi connectivity index (χ0n) is 11.8. The molecule has 0 aliphatic rings. The van der Waals surface area contributed by atoms with Gasteiger partial charge in [-0.1, -0.05) is 0 Å². The minimum atomic E-state index is -4.06. The van der Waals surface area contributed by atoms with E-state index in [4.69, 9.17) is 0 Å². The van der Waals surface area contributed by atoms with Gasteiger partial charge in [0.25, 0.3) is 5.69 Å². The largest absolute Gasteiger partial charge is 0.389 e. The number of hydrogen-bond donors (Lipinski definition) is 2. The highest BCUT2D eigenvalue weighted by molar-refractivity contribution is 7.89. The van der Waals surface area contributed by atoms with E-state index < -0.39 is 31.1 Å². The maximum Gasteiger partial charge on any atom is 0.289 e. The topological polar surface area (TPSA) is 110 Å². The van der Waals surface area contributed by atoms with E-state index in [2.05, 4.69) is 4.72 Å². The highest BCUT2D eigenvalue weighted by atomic mass is 32.2. The second kappa shape index (κ2) is 5.47. The lowest BCUT2D eigenvalue weighted by atomic mass is 10.1. The molecule has 112 valence electrons. The zero-order chi connectivity index (χ0) is 15.7. The Morgan fingerprint density at radius 3 is 2.25 bits per heavy atom. The Kier molecular flexibility index (Phi) is 4.52. The van der Waals surface area contributed by atoms with Crippen LogP contribution in [0.15, 0.2) is 17.0 Å². The third kappa shape index (κ3) is 3.99. The van der Waals surface area contributed by atoms with E-state index in [0.29, 0.717) is 11.1 Å². The molecule has 20 heavy (non-hydrogen) atoms.